The third kappa shape index (κ3) is 2.02. The van der Waals surface area contributed by atoms with E-state index < -0.39 is 5.60 Å². The van der Waals surface area contributed by atoms with E-state index in [-0.39, 0.29) is 5.41 Å². The quantitative estimate of drug-likeness (QED) is 0.710. The molecule has 0 amide bonds. The average molecular weight is 328 g/mol. The molecule has 0 aromatic rings. The topological polar surface area (TPSA) is 37.3 Å². The summed E-state index contributed by atoms with van der Waals surface area (Å²) < 4.78 is 0. The lowest BCUT2D eigenvalue weighted by Crippen LogP contribution is -2.57. The van der Waals surface area contributed by atoms with Gasteiger partial charge in [-0.1, -0.05) is 20.4 Å². The maximum Gasteiger partial charge on any atom is 0.133 e. The first-order valence-corrected chi connectivity index (χ1v) is 9.95. The van der Waals surface area contributed by atoms with Crippen LogP contribution in [0, 0.1) is 34.5 Å². The second kappa shape index (κ2) is 5.32. The first-order chi connectivity index (χ1) is 11.3. The molecule has 4 fully saturated rings. The van der Waals surface area contributed by atoms with Gasteiger partial charge in [0.1, 0.15) is 5.78 Å². The van der Waals surface area contributed by atoms with Gasteiger partial charge in [0, 0.05) is 18.3 Å². The molecule has 2 heteroatoms. The zero-order valence-corrected chi connectivity index (χ0v) is 15.3. The molecule has 0 spiro atoms. The van der Waals surface area contributed by atoms with Gasteiger partial charge in [-0.05, 0) is 80.1 Å². The van der Waals surface area contributed by atoms with Crippen LogP contribution < -0.4 is 0 Å². The van der Waals surface area contributed by atoms with Gasteiger partial charge in [0.05, 0.1) is 5.60 Å². The van der Waals surface area contributed by atoms with E-state index in [2.05, 4.69) is 26.2 Å². The zero-order valence-electron chi connectivity index (χ0n) is 15.3. The van der Waals surface area contributed by atoms with Crippen LogP contribution in [-0.2, 0) is 4.79 Å². The minimum absolute atomic E-state index is 0.0286. The summed E-state index contributed by atoms with van der Waals surface area (Å²) in [6.45, 7) is 8.55. The Morgan fingerprint density at radius 1 is 1.08 bits per heavy atom. The van der Waals surface area contributed by atoms with Gasteiger partial charge in [-0.25, -0.2) is 0 Å². The van der Waals surface area contributed by atoms with Crippen LogP contribution in [0.4, 0.5) is 0 Å². The van der Waals surface area contributed by atoms with Crippen molar-refractivity contribution in [2.45, 2.75) is 77.2 Å². The highest BCUT2D eigenvalue weighted by molar-refractivity contribution is 5.79. The summed E-state index contributed by atoms with van der Waals surface area (Å²) in [6.07, 6.45) is 11.3. The lowest BCUT2D eigenvalue weighted by molar-refractivity contribution is -0.155. The van der Waals surface area contributed by atoms with E-state index in [0.717, 1.165) is 44.4 Å². The molecule has 0 heterocycles. The van der Waals surface area contributed by atoms with Gasteiger partial charge in [0.2, 0.25) is 0 Å². The maximum absolute atomic E-state index is 11.9. The number of hydrogen-bond donors (Lipinski definition) is 1. The Labute approximate surface area is 146 Å². The number of fused-ring (bicyclic) bond motifs is 5. The van der Waals surface area contributed by atoms with E-state index in [0.29, 0.717) is 29.0 Å². The molecular formula is C22H32O2. The van der Waals surface area contributed by atoms with Crippen LogP contribution >= 0.6 is 0 Å². The zero-order chi connectivity index (χ0) is 17.2. The van der Waals surface area contributed by atoms with Crippen molar-refractivity contribution in [3.05, 3.63) is 18.4 Å². The largest absolute Gasteiger partial charge is 0.385 e. The molecule has 0 saturated heterocycles. The number of carbonyl (C=O) groups excluding carboxylic acids is 1. The molecule has 4 aliphatic rings. The van der Waals surface area contributed by atoms with Gasteiger partial charge in [-0.15, -0.1) is 5.73 Å². The number of hydrogen-bond acceptors (Lipinski definition) is 2. The summed E-state index contributed by atoms with van der Waals surface area (Å²) >= 11 is 0. The standard InChI is InChI=1S/C22H32O2/c1-4-10-22(24)11-9-19-18-7-5-15-14-16(23)6-8-17(15)20(18,2)12-13-21(19,22)3/h10,15,17-19,24H,1,5-9,11-14H2,2-3H3/t15?,17-,18-,19-,20+,21-,22-/m0/s1. The molecule has 132 valence electrons. The Balaban J connectivity index is 1.67. The van der Waals surface area contributed by atoms with Gasteiger partial charge in [0.25, 0.3) is 0 Å². The molecule has 1 N–H and O–H groups in total. The van der Waals surface area contributed by atoms with Crippen LogP contribution in [0.1, 0.15) is 71.6 Å². The highest BCUT2D eigenvalue weighted by atomic mass is 16.3. The van der Waals surface area contributed by atoms with Gasteiger partial charge in [0.15, 0.2) is 0 Å². The molecule has 4 aliphatic carbocycles. The first-order valence-electron chi connectivity index (χ1n) is 9.95. The van der Waals surface area contributed by atoms with E-state index >= 15 is 0 Å². The monoisotopic (exact) mass is 328 g/mol. The van der Waals surface area contributed by atoms with Crippen LogP contribution in [0.2, 0.25) is 0 Å². The number of ketones is 1. The van der Waals surface area contributed by atoms with Gasteiger partial charge in [-0.3, -0.25) is 4.79 Å². The number of aliphatic hydroxyl groups is 1. The second-order valence-corrected chi connectivity index (χ2v) is 9.67. The Bertz CT molecular complexity index is 603. The van der Waals surface area contributed by atoms with Crippen molar-refractivity contribution >= 4 is 5.78 Å². The fraction of sp³-hybridized carbons (Fsp3) is 0.818. The molecule has 0 bridgehead atoms. The van der Waals surface area contributed by atoms with E-state index in [4.69, 9.17) is 0 Å². The summed E-state index contributed by atoms with van der Waals surface area (Å²) in [6, 6.07) is 0. The van der Waals surface area contributed by atoms with E-state index in [1.165, 1.54) is 19.3 Å². The van der Waals surface area contributed by atoms with Gasteiger partial charge >= 0.3 is 0 Å². The average Bonchev–Trinajstić information content (AvgIpc) is 2.79. The van der Waals surface area contributed by atoms with Gasteiger partial charge in [-0.2, -0.15) is 0 Å². The molecule has 7 atom stereocenters. The highest BCUT2D eigenvalue weighted by Gasteiger charge is 2.65. The van der Waals surface area contributed by atoms with Crippen LogP contribution in [0.5, 0.6) is 0 Å². The summed E-state index contributed by atoms with van der Waals surface area (Å²) in [5, 5.41) is 11.3. The van der Waals surface area contributed by atoms with Crippen LogP contribution in [-0.4, -0.2) is 16.5 Å². The van der Waals surface area contributed by atoms with Crippen molar-refractivity contribution in [2.75, 3.05) is 0 Å². The first kappa shape index (κ1) is 16.6. The third-order valence-electron chi connectivity index (χ3n) is 8.99. The summed E-state index contributed by atoms with van der Waals surface area (Å²) in [7, 11) is 0. The van der Waals surface area contributed by atoms with Crippen molar-refractivity contribution in [1.29, 1.82) is 0 Å². The minimum Gasteiger partial charge on any atom is -0.385 e. The number of rotatable bonds is 1. The molecular weight excluding hydrogens is 296 g/mol. The molecule has 4 saturated carbocycles. The Morgan fingerprint density at radius 2 is 1.88 bits per heavy atom. The van der Waals surface area contributed by atoms with Crippen molar-refractivity contribution in [3.63, 3.8) is 0 Å². The van der Waals surface area contributed by atoms with Crippen molar-refractivity contribution in [3.8, 4) is 0 Å². The molecule has 2 nitrogen and oxygen atoms in total. The van der Waals surface area contributed by atoms with Crippen LogP contribution in [0.15, 0.2) is 18.4 Å². The fourth-order valence-electron chi connectivity index (χ4n) is 7.57. The third-order valence-corrected chi connectivity index (χ3v) is 8.99. The molecule has 4 rings (SSSR count). The minimum atomic E-state index is -0.722. The molecule has 0 radical (unpaired) electrons. The van der Waals surface area contributed by atoms with Crippen molar-refractivity contribution < 1.29 is 9.90 Å². The van der Waals surface area contributed by atoms with E-state index in [9.17, 15) is 9.90 Å². The molecule has 24 heavy (non-hydrogen) atoms. The SMILES string of the molecule is C=C=C[C@]1(O)CC[C@H]2[C@@H]3CCC4CC(=O)CC[C@@H]4[C@@]3(C)CC[C@@]21C. The molecule has 0 aromatic carbocycles. The molecule has 0 aromatic heterocycles. The van der Waals surface area contributed by atoms with Crippen LogP contribution in [0.3, 0.4) is 0 Å². The van der Waals surface area contributed by atoms with E-state index in [1.54, 1.807) is 0 Å². The summed E-state index contributed by atoms with van der Waals surface area (Å²) in [4.78, 5) is 11.9. The highest BCUT2D eigenvalue weighted by Crippen LogP contribution is 2.69. The van der Waals surface area contributed by atoms with E-state index in [1.807, 2.05) is 6.08 Å². The van der Waals surface area contributed by atoms with Crippen LogP contribution in [0.25, 0.3) is 0 Å². The maximum atomic E-state index is 11.9. The predicted octanol–water partition coefficient (Wildman–Crippen LogP) is 4.67. The number of Topliss-reactive ketones (excluding diaryl/α,β-unsaturated/α-hetero) is 1. The lowest BCUT2D eigenvalue weighted by Gasteiger charge is -2.62. The molecule has 0 aliphatic heterocycles. The smallest absolute Gasteiger partial charge is 0.133 e. The summed E-state index contributed by atoms with van der Waals surface area (Å²) in [5.41, 5.74) is 2.50. The fourth-order valence-corrected chi connectivity index (χ4v) is 7.57. The van der Waals surface area contributed by atoms with Gasteiger partial charge < -0.3 is 5.11 Å². The predicted molar refractivity (Wildman–Crippen MR) is 95.4 cm³/mol. The Kier molecular flexibility index (Phi) is 3.68. The summed E-state index contributed by atoms with van der Waals surface area (Å²) in [5.74, 6) is 3.15. The Hall–Kier alpha value is -0.850. The second-order valence-electron chi connectivity index (χ2n) is 9.67. The lowest BCUT2D eigenvalue weighted by atomic mass is 9.43. The van der Waals surface area contributed by atoms with Crippen molar-refractivity contribution in [2.24, 2.45) is 34.5 Å². The normalized spacial score (nSPS) is 53.5. The molecule has 1 unspecified atom stereocenters. The number of carbonyl (C=O) groups is 1. The Morgan fingerprint density at radius 3 is 2.62 bits per heavy atom. The van der Waals surface area contributed by atoms with Crippen molar-refractivity contribution in [1.82, 2.24) is 0 Å².